The average molecular weight is 242 g/mol. The van der Waals surface area contributed by atoms with Crippen LogP contribution in [0, 0.1) is 0 Å². The normalized spacial score (nSPS) is 13.2. The predicted molar refractivity (Wildman–Crippen MR) is 71.0 cm³/mol. The number of carbonyl (C=O) groups excluding carboxylic acids is 1. The summed E-state index contributed by atoms with van der Waals surface area (Å²) in [5.41, 5.74) is 0.812. The molecule has 4 heteroatoms. The van der Waals surface area contributed by atoms with E-state index in [-0.39, 0.29) is 17.5 Å². The molecule has 0 fully saturated rings. The number of ether oxygens (including phenoxy) is 1. The largest absolute Gasteiger partial charge is 0.376 e. The Morgan fingerprint density at radius 2 is 2.00 bits per heavy atom. The van der Waals surface area contributed by atoms with E-state index >= 15 is 0 Å². The van der Waals surface area contributed by atoms with E-state index in [2.05, 4.69) is 17.2 Å². The second kappa shape index (κ2) is 7.45. The molecule has 0 aromatic rings. The van der Waals surface area contributed by atoms with Gasteiger partial charge in [0, 0.05) is 12.1 Å². The molecule has 0 aliphatic rings. The van der Waals surface area contributed by atoms with Crippen molar-refractivity contribution >= 4 is 5.91 Å². The predicted octanol–water partition coefficient (Wildman–Crippen LogP) is 1.47. The SMILES string of the molecule is C=C(C)COCCNC(C)C(=O)NC(C)(C)C. The number of carbonyl (C=O) groups is 1. The topological polar surface area (TPSA) is 50.4 Å². The molecule has 0 aromatic carbocycles. The van der Waals surface area contributed by atoms with Gasteiger partial charge in [-0.05, 0) is 34.6 Å². The highest BCUT2D eigenvalue weighted by Crippen LogP contribution is 1.99. The van der Waals surface area contributed by atoms with E-state index in [0.29, 0.717) is 19.8 Å². The van der Waals surface area contributed by atoms with Gasteiger partial charge in [0.1, 0.15) is 0 Å². The standard InChI is InChI=1S/C13H26N2O2/c1-10(2)9-17-8-7-14-11(3)12(16)15-13(4,5)6/h11,14H,1,7-9H2,2-6H3,(H,15,16). The zero-order valence-electron chi connectivity index (χ0n) is 11.7. The molecule has 1 amide bonds. The van der Waals surface area contributed by atoms with Crippen LogP contribution in [0.15, 0.2) is 12.2 Å². The van der Waals surface area contributed by atoms with Gasteiger partial charge in [-0.1, -0.05) is 12.2 Å². The summed E-state index contributed by atoms with van der Waals surface area (Å²) in [6.45, 7) is 15.2. The van der Waals surface area contributed by atoms with Gasteiger partial charge in [-0.3, -0.25) is 4.79 Å². The minimum Gasteiger partial charge on any atom is -0.376 e. The first kappa shape index (κ1) is 16.1. The summed E-state index contributed by atoms with van der Waals surface area (Å²) >= 11 is 0. The van der Waals surface area contributed by atoms with Gasteiger partial charge < -0.3 is 15.4 Å². The molecule has 0 rings (SSSR count). The summed E-state index contributed by atoms with van der Waals surface area (Å²) in [6, 6.07) is -0.206. The molecular formula is C13H26N2O2. The fourth-order valence-electron chi connectivity index (χ4n) is 1.16. The van der Waals surface area contributed by atoms with Crippen molar-refractivity contribution in [2.45, 2.75) is 46.2 Å². The van der Waals surface area contributed by atoms with E-state index in [1.54, 1.807) is 0 Å². The lowest BCUT2D eigenvalue weighted by molar-refractivity contribution is -0.124. The Morgan fingerprint density at radius 3 is 2.47 bits per heavy atom. The Bertz CT molecular complexity index is 257. The van der Waals surface area contributed by atoms with Crippen LogP contribution in [0.5, 0.6) is 0 Å². The maximum absolute atomic E-state index is 11.7. The summed E-state index contributed by atoms with van der Waals surface area (Å²) in [7, 11) is 0. The lowest BCUT2D eigenvalue weighted by Crippen LogP contribution is -2.50. The maximum Gasteiger partial charge on any atom is 0.237 e. The molecule has 1 unspecified atom stereocenters. The fourth-order valence-corrected chi connectivity index (χ4v) is 1.16. The van der Waals surface area contributed by atoms with E-state index in [4.69, 9.17) is 4.74 Å². The van der Waals surface area contributed by atoms with Gasteiger partial charge >= 0.3 is 0 Å². The third kappa shape index (κ3) is 10.0. The Morgan fingerprint density at radius 1 is 1.41 bits per heavy atom. The number of amides is 1. The lowest BCUT2D eigenvalue weighted by Gasteiger charge is -2.23. The van der Waals surface area contributed by atoms with Crippen LogP contribution in [-0.2, 0) is 9.53 Å². The number of nitrogens with one attached hydrogen (secondary N) is 2. The third-order valence-electron chi connectivity index (χ3n) is 1.94. The minimum atomic E-state index is -0.206. The van der Waals surface area contributed by atoms with E-state index in [0.717, 1.165) is 5.57 Å². The Balaban J connectivity index is 3.68. The fraction of sp³-hybridized carbons (Fsp3) is 0.769. The Labute approximate surface area is 105 Å². The first-order valence-corrected chi connectivity index (χ1v) is 6.00. The zero-order chi connectivity index (χ0) is 13.5. The highest BCUT2D eigenvalue weighted by atomic mass is 16.5. The minimum absolute atomic E-state index is 0.0115. The van der Waals surface area contributed by atoms with Gasteiger partial charge in [0.2, 0.25) is 5.91 Å². The van der Waals surface area contributed by atoms with E-state index in [9.17, 15) is 4.79 Å². The third-order valence-corrected chi connectivity index (χ3v) is 1.94. The van der Waals surface area contributed by atoms with Crippen LogP contribution in [-0.4, -0.2) is 37.2 Å². The van der Waals surface area contributed by atoms with Crippen LogP contribution in [0.1, 0.15) is 34.6 Å². The lowest BCUT2D eigenvalue weighted by atomic mass is 10.1. The number of hydrogen-bond acceptors (Lipinski definition) is 3. The van der Waals surface area contributed by atoms with Crippen molar-refractivity contribution in [1.29, 1.82) is 0 Å². The van der Waals surface area contributed by atoms with Crippen molar-refractivity contribution in [3.63, 3.8) is 0 Å². The van der Waals surface area contributed by atoms with Gasteiger partial charge in [0.05, 0.1) is 19.3 Å². The van der Waals surface area contributed by atoms with Gasteiger partial charge in [0.15, 0.2) is 0 Å². The molecule has 2 N–H and O–H groups in total. The summed E-state index contributed by atoms with van der Waals surface area (Å²) in [4.78, 5) is 11.7. The quantitative estimate of drug-likeness (QED) is 0.525. The van der Waals surface area contributed by atoms with E-state index < -0.39 is 0 Å². The molecule has 4 nitrogen and oxygen atoms in total. The van der Waals surface area contributed by atoms with Crippen molar-refractivity contribution < 1.29 is 9.53 Å². The van der Waals surface area contributed by atoms with Crippen LogP contribution in [0.3, 0.4) is 0 Å². The van der Waals surface area contributed by atoms with Crippen molar-refractivity contribution in [3.8, 4) is 0 Å². The molecule has 0 aromatic heterocycles. The molecule has 0 saturated carbocycles. The summed E-state index contributed by atoms with van der Waals surface area (Å²) < 4.78 is 5.33. The molecule has 1 atom stereocenters. The Kier molecular flexibility index (Phi) is 7.07. The van der Waals surface area contributed by atoms with Crippen molar-refractivity contribution in [2.75, 3.05) is 19.8 Å². The van der Waals surface area contributed by atoms with Crippen LogP contribution in [0.2, 0.25) is 0 Å². The molecule has 0 bridgehead atoms. The first-order chi connectivity index (χ1) is 7.72. The Hall–Kier alpha value is -0.870. The molecule has 0 spiro atoms. The smallest absolute Gasteiger partial charge is 0.237 e. The van der Waals surface area contributed by atoms with Crippen molar-refractivity contribution in [3.05, 3.63) is 12.2 Å². The van der Waals surface area contributed by atoms with Gasteiger partial charge in [-0.2, -0.15) is 0 Å². The van der Waals surface area contributed by atoms with Crippen LogP contribution < -0.4 is 10.6 Å². The number of hydrogen-bond donors (Lipinski definition) is 2. The van der Waals surface area contributed by atoms with Gasteiger partial charge in [-0.25, -0.2) is 0 Å². The molecule has 0 heterocycles. The van der Waals surface area contributed by atoms with Crippen LogP contribution in [0.4, 0.5) is 0 Å². The van der Waals surface area contributed by atoms with Gasteiger partial charge in [0.25, 0.3) is 0 Å². The molecule has 100 valence electrons. The summed E-state index contributed by atoms with van der Waals surface area (Å²) in [5, 5.41) is 6.03. The monoisotopic (exact) mass is 242 g/mol. The highest BCUT2D eigenvalue weighted by molar-refractivity contribution is 5.81. The first-order valence-electron chi connectivity index (χ1n) is 6.00. The van der Waals surface area contributed by atoms with Gasteiger partial charge in [-0.15, -0.1) is 0 Å². The van der Waals surface area contributed by atoms with Crippen LogP contribution in [0.25, 0.3) is 0 Å². The molecule has 17 heavy (non-hydrogen) atoms. The maximum atomic E-state index is 11.7. The second-order valence-electron chi connectivity index (χ2n) is 5.42. The average Bonchev–Trinajstić information content (AvgIpc) is 2.13. The van der Waals surface area contributed by atoms with E-state index in [1.165, 1.54) is 0 Å². The molecule has 0 aliphatic heterocycles. The molecular weight excluding hydrogens is 216 g/mol. The number of rotatable bonds is 7. The molecule has 0 aliphatic carbocycles. The van der Waals surface area contributed by atoms with E-state index in [1.807, 2.05) is 34.6 Å². The highest BCUT2D eigenvalue weighted by Gasteiger charge is 2.18. The summed E-state index contributed by atoms with van der Waals surface area (Å²) in [6.07, 6.45) is 0. The molecule has 0 radical (unpaired) electrons. The van der Waals surface area contributed by atoms with Crippen molar-refractivity contribution in [1.82, 2.24) is 10.6 Å². The van der Waals surface area contributed by atoms with Crippen LogP contribution >= 0.6 is 0 Å². The van der Waals surface area contributed by atoms with Crippen molar-refractivity contribution in [2.24, 2.45) is 0 Å². The zero-order valence-corrected chi connectivity index (χ0v) is 11.7. The molecule has 0 saturated heterocycles. The summed E-state index contributed by atoms with van der Waals surface area (Å²) in [5.74, 6) is 0.0115. The second-order valence-corrected chi connectivity index (χ2v) is 5.42.